The molecule has 0 saturated heterocycles. The van der Waals surface area contributed by atoms with Crippen molar-refractivity contribution in [3.8, 4) is 0 Å². The maximum absolute atomic E-state index is 11.6. The molecule has 0 fully saturated rings. The lowest BCUT2D eigenvalue weighted by molar-refractivity contribution is -0.870. The van der Waals surface area contributed by atoms with Gasteiger partial charge in [0, 0.05) is 0 Å². The molecule has 0 heterocycles. The SMILES string of the molecule is CC/C=C\C/C=C\C/C=C\C/C=C\CCCC/C=C\CC(=O)OCC[N+](C)(C)C. The summed E-state index contributed by atoms with van der Waals surface area (Å²) < 4.78 is 6.03. The van der Waals surface area contributed by atoms with Crippen molar-refractivity contribution in [2.45, 2.75) is 64.7 Å². The van der Waals surface area contributed by atoms with E-state index in [9.17, 15) is 4.79 Å². The minimum absolute atomic E-state index is 0.130. The van der Waals surface area contributed by atoms with Crippen LogP contribution in [-0.4, -0.2) is 44.7 Å². The zero-order valence-corrected chi connectivity index (χ0v) is 19.3. The number of hydrogen-bond donors (Lipinski definition) is 0. The highest BCUT2D eigenvalue weighted by Crippen LogP contribution is 2.03. The molecule has 0 aromatic carbocycles. The van der Waals surface area contributed by atoms with E-state index in [1.807, 2.05) is 6.08 Å². The van der Waals surface area contributed by atoms with Gasteiger partial charge >= 0.3 is 5.97 Å². The normalized spacial score (nSPS) is 13.1. The quantitative estimate of drug-likeness (QED) is 0.119. The van der Waals surface area contributed by atoms with Crippen molar-refractivity contribution >= 4 is 5.97 Å². The molecule has 0 radical (unpaired) electrons. The highest BCUT2D eigenvalue weighted by Gasteiger charge is 2.08. The van der Waals surface area contributed by atoms with Crippen molar-refractivity contribution in [2.24, 2.45) is 0 Å². The summed E-state index contributed by atoms with van der Waals surface area (Å²) in [7, 11) is 6.27. The van der Waals surface area contributed by atoms with Gasteiger partial charge in [-0.15, -0.1) is 0 Å². The Bertz CT molecular complexity index is 533. The van der Waals surface area contributed by atoms with Gasteiger partial charge in [-0.3, -0.25) is 4.79 Å². The van der Waals surface area contributed by atoms with Gasteiger partial charge in [-0.1, -0.05) is 67.7 Å². The van der Waals surface area contributed by atoms with Crippen LogP contribution >= 0.6 is 0 Å². The van der Waals surface area contributed by atoms with E-state index in [1.165, 1.54) is 6.42 Å². The van der Waals surface area contributed by atoms with Crippen molar-refractivity contribution in [3.63, 3.8) is 0 Å². The number of hydrogen-bond acceptors (Lipinski definition) is 2. The third-order valence-electron chi connectivity index (χ3n) is 4.19. The van der Waals surface area contributed by atoms with Crippen LogP contribution in [0.4, 0.5) is 0 Å². The van der Waals surface area contributed by atoms with Gasteiger partial charge in [0.05, 0.1) is 27.6 Å². The lowest BCUT2D eigenvalue weighted by Gasteiger charge is -2.23. The number of rotatable bonds is 17. The van der Waals surface area contributed by atoms with Crippen LogP contribution in [0.5, 0.6) is 0 Å². The molecule has 0 rings (SSSR count). The highest BCUT2D eigenvalue weighted by atomic mass is 16.5. The summed E-state index contributed by atoms with van der Waals surface area (Å²) in [4.78, 5) is 11.6. The standard InChI is InChI=1S/C26H44NO2/c1-5-6-7-8-9-10-11-12-13-14-15-16-17-18-19-20-21-22-23-26(28)29-25-24-27(2,3)4/h6-7,9-10,12-13,15-16,21-22H,5,8,11,14,17-20,23-25H2,1-4H3/q+1/b7-6-,10-9-,13-12-,16-15-,22-21-. The molecule has 0 aromatic heterocycles. The summed E-state index contributed by atoms with van der Waals surface area (Å²) in [6.07, 6.45) is 30.9. The largest absolute Gasteiger partial charge is 0.459 e. The summed E-state index contributed by atoms with van der Waals surface area (Å²) in [5.41, 5.74) is 0. The predicted molar refractivity (Wildman–Crippen MR) is 127 cm³/mol. The molecular formula is C26H44NO2+. The second-order valence-corrected chi connectivity index (χ2v) is 8.20. The molecule has 0 N–H and O–H groups in total. The first-order valence-electron chi connectivity index (χ1n) is 11.2. The summed E-state index contributed by atoms with van der Waals surface area (Å²) in [5.74, 6) is -0.130. The lowest BCUT2D eigenvalue weighted by atomic mass is 10.1. The molecule has 0 unspecified atom stereocenters. The Balaban J connectivity index is 3.51. The van der Waals surface area contributed by atoms with E-state index in [0.717, 1.165) is 56.0 Å². The van der Waals surface area contributed by atoms with Crippen LogP contribution in [0.15, 0.2) is 60.8 Å². The zero-order valence-electron chi connectivity index (χ0n) is 19.3. The van der Waals surface area contributed by atoms with Gasteiger partial charge < -0.3 is 9.22 Å². The van der Waals surface area contributed by atoms with Crippen LogP contribution in [0.1, 0.15) is 64.7 Å². The monoisotopic (exact) mass is 402 g/mol. The van der Waals surface area contributed by atoms with Gasteiger partial charge in [-0.25, -0.2) is 0 Å². The van der Waals surface area contributed by atoms with Crippen molar-refractivity contribution in [3.05, 3.63) is 60.8 Å². The molecule has 0 saturated carbocycles. The molecule has 0 amide bonds. The second-order valence-electron chi connectivity index (χ2n) is 8.20. The molecule has 29 heavy (non-hydrogen) atoms. The maximum Gasteiger partial charge on any atom is 0.309 e. The van der Waals surface area contributed by atoms with Gasteiger partial charge in [-0.2, -0.15) is 0 Å². The number of allylic oxidation sites excluding steroid dienone is 9. The average molecular weight is 403 g/mol. The first-order valence-corrected chi connectivity index (χ1v) is 11.2. The maximum atomic E-state index is 11.6. The number of ether oxygens (including phenoxy) is 1. The van der Waals surface area contributed by atoms with Gasteiger partial charge in [0.2, 0.25) is 0 Å². The van der Waals surface area contributed by atoms with Crippen LogP contribution < -0.4 is 0 Å². The third-order valence-corrected chi connectivity index (χ3v) is 4.19. The Morgan fingerprint density at radius 2 is 1.21 bits per heavy atom. The van der Waals surface area contributed by atoms with Gasteiger partial charge in [-0.05, 0) is 51.4 Å². The van der Waals surface area contributed by atoms with E-state index in [2.05, 4.69) is 82.8 Å². The smallest absolute Gasteiger partial charge is 0.309 e. The fourth-order valence-corrected chi connectivity index (χ4v) is 2.41. The van der Waals surface area contributed by atoms with E-state index in [-0.39, 0.29) is 5.97 Å². The number of unbranched alkanes of at least 4 members (excludes halogenated alkanes) is 3. The minimum atomic E-state index is -0.130. The van der Waals surface area contributed by atoms with E-state index in [4.69, 9.17) is 4.74 Å². The molecular weight excluding hydrogens is 358 g/mol. The fraction of sp³-hybridized carbons (Fsp3) is 0.577. The van der Waals surface area contributed by atoms with E-state index < -0.39 is 0 Å². The summed E-state index contributed by atoms with van der Waals surface area (Å²) in [5, 5.41) is 0. The molecule has 3 nitrogen and oxygen atoms in total. The first-order chi connectivity index (χ1) is 14.0. The number of carbonyl (C=O) groups is 1. The first kappa shape index (κ1) is 27.1. The number of quaternary nitrogens is 1. The van der Waals surface area contributed by atoms with E-state index >= 15 is 0 Å². The molecule has 3 heteroatoms. The second kappa shape index (κ2) is 19.4. The Hall–Kier alpha value is -1.87. The Labute approximate surface area is 180 Å². The molecule has 0 aliphatic carbocycles. The average Bonchev–Trinajstić information content (AvgIpc) is 2.66. The highest BCUT2D eigenvalue weighted by molar-refractivity contribution is 5.71. The van der Waals surface area contributed by atoms with Crippen LogP contribution in [0.25, 0.3) is 0 Å². The Kier molecular flexibility index (Phi) is 18.2. The molecule has 0 aliphatic rings. The van der Waals surface area contributed by atoms with Gasteiger partial charge in [0.15, 0.2) is 0 Å². The minimum Gasteiger partial charge on any atom is -0.459 e. The molecule has 0 bridgehead atoms. The third kappa shape index (κ3) is 24.1. The summed E-state index contributed by atoms with van der Waals surface area (Å²) >= 11 is 0. The topological polar surface area (TPSA) is 26.3 Å². The zero-order chi connectivity index (χ0) is 21.6. The van der Waals surface area contributed by atoms with Gasteiger partial charge in [0.1, 0.15) is 13.2 Å². The number of esters is 1. The van der Waals surface area contributed by atoms with Gasteiger partial charge in [0.25, 0.3) is 0 Å². The van der Waals surface area contributed by atoms with Crippen LogP contribution in [-0.2, 0) is 9.53 Å². The Morgan fingerprint density at radius 3 is 1.72 bits per heavy atom. The predicted octanol–water partition coefficient (Wildman–Crippen LogP) is 6.55. The van der Waals surface area contributed by atoms with Crippen LogP contribution in [0.3, 0.4) is 0 Å². The molecule has 164 valence electrons. The molecule has 0 spiro atoms. The molecule has 0 aliphatic heterocycles. The number of carbonyl (C=O) groups excluding carboxylic acids is 1. The van der Waals surface area contributed by atoms with Crippen molar-refractivity contribution in [2.75, 3.05) is 34.3 Å². The van der Waals surface area contributed by atoms with Crippen LogP contribution in [0, 0.1) is 0 Å². The van der Waals surface area contributed by atoms with Crippen molar-refractivity contribution in [1.82, 2.24) is 0 Å². The van der Waals surface area contributed by atoms with E-state index in [1.54, 1.807) is 0 Å². The molecule has 0 aromatic rings. The number of nitrogens with zero attached hydrogens (tertiary/aromatic N) is 1. The number of likely N-dealkylation sites (N-methyl/N-ethyl adjacent to an activating group) is 1. The lowest BCUT2D eigenvalue weighted by Crippen LogP contribution is -2.37. The van der Waals surface area contributed by atoms with Crippen molar-refractivity contribution < 1.29 is 14.0 Å². The van der Waals surface area contributed by atoms with Crippen LogP contribution in [0.2, 0.25) is 0 Å². The van der Waals surface area contributed by atoms with Crippen molar-refractivity contribution in [1.29, 1.82) is 0 Å². The Morgan fingerprint density at radius 1 is 0.724 bits per heavy atom. The fourth-order valence-electron chi connectivity index (χ4n) is 2.41. The van der Waals surface area contributed by atoms with E-state index in [0.29, 0.717) is 13.0 Å². The molecule has 0 atom stereocenters. The summed E-state index contributed by atoms with van der Waals surface area (Å²) in [6.45, 7) is 3.49. The summed E-state index contributed by atoms with van der Waals surface area (Å²) in [6, 6.07) is 0.